The molecule has 2 fully saturated rings. The van der Waals surface area contributed by atoms with Crippen molar-refractivity contribution in [3.05, 3.63) is 35.9 Å². The van der Waals surface area contributed by atoms with E-state index in [9.17, 15) is 4.79 Å². The van der Waals surface area contributed by atoms with Crippen LogP contribution in [0.4, 0.5) is 0 Å². The molecule has 1 amide bonds. The van der Waals surface area contributed by atoms with Crippen molar-refractivity contribution in [3.8, 4) is 0 Å². The fraction of sp³-hybridized carbons (Fsp3) is 0.632. The van der Waals surface area contributed by atoms with Crippen LogP contribution in [-0.4, -0.2) is 62.0 Å². The Bertz CT molecular complexity index is 497. The van der Waals surface area contributed by atoms with Gasteiger partial charge in [-0.05, 0) is 57.4 Å². The monoisotopic (exact) mass is 315 g/mol. The molecule has 0 saturated carbocycles. The molecule has 2 aliphatic heterocycles. The highest BCUT2D eigenvalue weighted by atomic mass is 16.1. The van der Waals surface area contributed by atoms with E-state index in [0.29, 0.717) is 5.92 Å². The van der Waals surface area contributed by atoms with E-state index in [1.54, 1.807) is 0 Å². The van der Waals surface area contributed by atoms with Crippen LogP contribution in [0.5, 0.6) is 0 Å². The molecule has 0 aliphatic carbocycles. The van der Waals surface area contributed by atoms with Crippen molar-refractivity contribution in [3.63, 3.8) is 0 Å². The molecule has 2 saturated heterocycles. The summed E-state index contributed by atoms with van der Waals surface area (Å²) in [5, 5.41) is 3.13. The van der Waals surface area contributed by atoms with Gasteiger partial charge in [-0.2, -0.15) is 0 Å². The van der Waals surface area contributed by atoms with Gasteiger partial charge in [0.1, 0.15) is 0 Å². The van der Waals surface area contributed by atoms with Gasteiger partial charge >= 0.3 is 0 Å². The molecular formula is C19H29N3O. The van der Waals surface area contributed by atoms with Crippen LogP contribution >= 0.6 is 0 Å². The first kappa shape index (κ1) is 16.5. The van der Waals surface area contributed by atoms with E-state index in [4.69, 9.17) is 0 Å². The Labute approximate surface area is 139 Å². The number of carbonyl (C=O) groups excluding carboxylic acids is 1. The van der Waals surface area contributed by atoms with Gasteiger partial charge < -0.3 is 15.1 Å². The molecule has 0 bridgehead atoms. The molecule has 1 atom stereocenters. The van der Waals surface area contributed by atoms with Crippen molar-refractivity contribution < 1.29 is 4.79 Å². The van der Waals surface area contributed by atoms with Gasteiger partial charge in [-0.3, -0.25) is 4.79 Å². The van der Waals surface area contributed by atoms with Gasteiger partial charge in [-0.1, -0.05) is 30.3 Å². The first-order chi connectivity index (χ1) is 11.2. The second-order valence-electron chi connectivity index (χ2n) is 7.07. The molecule has 4 nitrogen and oxygen atoms in total. The van der Waals surface area contributed by atoms with E-state index in [0.717, 1.165) is 45.7 Å². The molecule has 0 aromatic heterocycles. The normalized spacial score (nSPS) is 24.0. The third-order valence-corrected chi connectivity index (χ3v) is 5.35. The maximum absolute atomic E-state index is 12.1. The Hall–Kier alpha value is -1.39. The van der Waals surface area contributed by atoms with E-state index in [2.05, 4.69) is 52.5 Å². The average Bonchev–Trinajstić information content (AvgIpc) is 3.03. The molecule has 4 heteroatoms. The van der Waals surface area contributed by atoms with E-state index in [-0.39, 0.29) is 11.8 Å². The van der Waals surface area contributed by atoms with Gasteiger partial charge in [-0.25, -0.2) is 0 Å². The minimum atomic E-state index is 0.198. The lowest BCUT2D eigenvalue weighted by molar-refractivity contribution is -0.124. The highest BCUT2D eigenvalue weighted by Crippen LogP contribution is 2.27. The second kappa shape index (κ2) is 7.93. The summed E-state index contributed by atoms with van der Waals surface area (Å²) in [4.78, 5) is 16.8. The number of nitrogens with one attached hydrogen (secondary N) is 1. The SMILES string of the molecule is CN1CC[C@H](C(=O)NCCN2CCC(c3ccccc3)CC2)C1. The van der Waals surface area contributed by atoms with Crippen LogP contribution in [-0.2, 0) is 4.79 Å². The zero-order valence-electron chi connectivity index (χ0n) is 14.2. The minimum absolute atomic E-state index is 0.198. The van der Waals surface area contributed by atoms with Crippen molar-refractivity contribution >= 4 is 5.91 Å². The van der Waals surface area contributed by atoms with Crippen LogP contribution in [0.2, 0.25) is 0 Å². The molecular weight excluding hydrogens is 286 g/mol. The Kier molecular flexibility index (Phi) is 5.68. The van der Waals surface area contributed by atoms with Crippen molar-refractivity contribution in [2.24, 2.45) is 5.92 Å². The molecule has 0 spiro atoms. The van der Waals surface area contributed by atoms with E-state index < -0.39 is 0 Å². The van der Waals surface area contributed by atoms with Gasteiger partial charge in [0.15, 0.2) is 0 Å². The van der Waals surface area contributed by atoms with Crippen LogP contribution in [0.25, 0.3) is 0 Å². The van der Waals surface area contributed by atoms with Gasteiger partial charge in [0, 0.05) is 19.6 Å². The third kappa shape index (κ3) is 4.55. The number of carbonyl (C=O) groups is 1. The molecule has 2 heterocycles. The fourth-order valence-electron chi connectivity index (χ4n) is 3.85. The van der Waals surface area contributed by atoms with Gasteiger partial charge in [0.2, 0.25) is 5.91 Å². The maximum Gasteiger partial charge on any atom is 0.224 e. The summed E-state index contributed by atoms with van der Waals surface area (Å²) >= 11 is 0. The molecule has 2 aliphatic rings. The average molecular weight is 315 g/mol. The highest BCUT2D eigenvalue weighted by molar-refractivity contribution is 5.79. The minimum Gasteiger partial charge on any atom is -0.355 e. The lowest BCUT2D eigenvalue weighted by Gasteiger charge is -2.32. The van der Waals surface area contributed by atoms with Crippen LogP contribution in [0.1, 0.15) is 30.7 Å². The summed E-state index contributed by atoms with van der Waals surface area (Å²) < 4.78 is 0. The van der Waals surface area contributed by atoms with Crippen molar-refractivity contribution in [1.29, 1.82) is 0 Å². The molecule has 0 unspecified atom stereocenters. The smallest absolute Gasteiger partial charge is 0.224 e. The summed E-state index contributed by atoms with van der Waals surface area (Å²) in [5.74, 6) is 1.15. The predicted octanol–water partition coefficient (Wildman–Crippen LogP) is 1.93. The summed E-state index contributed by atoms with van der Waals surface area (Å²) in [5.41, 5.74) is 1.48. The van der Waals surface area contributed by atoms with Crippen molar-refractivity contribution in [1.82, 2.24) is 15.1 Å². The molecule has 3 rings (SSSR count). The van der Waals surface area contributed by atoms with E-state index in [1.807, 2.05) is 0 Å². The molecule has 126 valence electrons. The molecule has 1 N–H and O–H groups in total. The summed E-state index contributed by atoms with van der Waals surface area (Å²) in [7, 11) is 2.09. The zero-order chi connectivity index (χ0) is 16.1. The first-order valence-corrected chi connectivity index (χ1v) is 8.96. The van der Waals surface area contributed by atoms with Gasteiger partial charge in [0.25, 0.3) is 0 Å². The number of benzene rings is 1. The van der Waals surface area contributed by atoms with Gasteiger partial charge in [-0.15, -0.1) is 0 Å². The predicted molar refractivity (Wildman–Crippen MR) is 93.5 cm³/mol. The Morgan fingerprint density at radius 2 is 1.87 bits per heavy atom. The lowest BCUT2D eigenvalue weighted by Crippen LogP contribution is -2.41. The number of hydrogen-bond acceptors (Lipinski definition) is 3. The molecule has 1 aromatic carbocycles. The number of nitrogens with zero attached hydrogens (tertiary/aromatic N) is 2. The number of rotatable bonds is 5. The number of likely N-dealkylation sites (tertiary alicyclic amines) is 2. The van der Waals surface area contributed by atoms with Crippen LogP contribution < -0.4 is 5.32 Å². The summed E-state index contributed by atoms with van der Waals surface area (Å²) in [6.45, 7) is 6.01. The summed E-state index contributed by atoms with van der Waals surface area (Å²) in [6, 6.07) is 10.9. The first-order valence-electron chi connectivity index (χ1n) is 8.96. The maximum atomic E-state index is 12.1. The Balaban J connectivity index is 1.34. The molecule has 0 radical (unpaired) electrons. The Morgan fingerprint density at radius 3 is 2.52 bits per heavy atom. The van der Waals surface area contributed by atoms with E-state index in [1.165, 1.54) is 18.4 Å². The van der Waals surface area contributed by atoms with Crippen LogP contribution in [0.15, 0.2) is 30.3 Å². The van der Waals surface area contributed by atoms with Crippen molar-refractivity contribution in [2.75, 3.05) is 46.3 Å². The third-order valence-electron chi connectivity index (χ3n) is 5.35. The quantitative estimate of drug-likeness (QED) is 0.902. The standard InChI is InChI=1S/C19H29N3O/c1-21-11-7-18(15-21)19(23)20-10-14-22-12-8-17(9-13-22)16-5-3-2-4-6-16/h2-6,17-18H,7-15H2,1H3,(H,20,23)/t18-/m0/s1. The number of piperidine rings is 1. The summed E-state index contributed by atoms with van der Waals surface area (Å²) in [6.07, 6.45) is 3.46. The Morgan fingerprint density at radius 1 is 1.13 bits per heavy atom. The number of hydrogen-bond donors (Lipinski definition) is 1. The number of amides is 1. The topological polar surface area (TPSA) is 35.6 Å². The second-order valence-corrected chi connectivity index (χ2v) is 7.07. The van der Waals surface area contributed by atoms with Crippen LogP contribution in [0.3, 0.4) is 0 Å². The van der Waals surface area contributed by atoms with Crippen LogP contribution in [0, 0.1) is 5.92 Å². The van der Waals surface area contributed by atoms with E-state index >= 15 is 0 Å². The lowest BCUT2D eigenvalue weighted by atomic mass is 9.89. The highest BCUT2D eigenvalue weighted by Gasteiger charge is 2.26. The largest absolute Gasteiger partial charge is 0.355 e. The van der Waals surface area contributed by atoms with Gasteiger partial charge in [0.05, 0.1) is 5.92 Å². The molecule has 23 heavy (non-hydrogen) atoms. The van der Waals surface area contributed by atoms with Crippen molar-refractivity contribution in [2.45, 2.75) is 25.2 Å². The fourth-order valence-corrected chi connectivity index (χ4v) is 3.85. The zero-order valence-corrected chi connectivity index (χ0v) is 14.2. The molecule has 1 aromatic rings.